The summed E-state index contributed by atoms with van der Waals surface area (Å²) in [6, 6.07) is 5.27. The van der Waals surface area contributed by atoms with Crippen LogP contribution in [0.5, 0.6) is 0 Å². The maximum Gasteiger partial charge on any atom is 0.240 e. The van der Waals surface area contributed by atoms with Gasteiger partial charge < -0.3 is 0 Å². The number of carbonyl (C=O) groups excluding carboxylic acids is 1. The smallest absolute Gasteiger partial charge is 0.225 e. The second kappa shape index (κ2) is 3.49. The monoisotopic (exact) mass is 198 g/mol. The fourth-order valence-electron chi connectivity index (χ4n) is 0.763. The van der Waals surface area contributed by atoms with Gasteiger partial charge in [-0.3, -0.25) is 0 Å². The second-order valence-corrected chi connectivity index (χ2v) is 3.80. The van der Waals surface area contributed by atoms with Crippen LogP contribution in [0, 0.1) is 0 Å². The normalized spacial score (nSPS) is 10.5. The molecule has 0 atom stereocenters. The molecule has 0 aliphatic heterocycles. The van der Waals surface area contributed by atoms with Crippen LogP contribution in [0.15, 0.2) is 34.2 Å². The third-order valence-electron chi connectivity index (χ3n) is 1.34. The fraction of sp³-hybridized carbons (Fsp3) is 0. The number of isocyanates is 1. The third-order valence-corrected chi connectivity index (χ3v) is 2.27. The van der Waals surface area contributed by atoms with E-state index in [2.05, 4.69) is 4.99 Å². The van der Waals surface area contributed by atoms with E-state index in [9.17, 15) is 13.2 Å². The number of nitrogens with zero attached hydrogens (tertiary/aromatic N) is 1. The molecule has 0 aromatic heterocycles. The predicted molar refractivity (Wildman–Crippen MR) is 45.6 cm³/mol. The average Bonchev–Trinajstić information content (AvgIpc) is 2.04. The van der Waals surface area contributed by atoms with Crippen LogP contribution in [-0.4, -0.2) is 14.5 Å². The Morgan fingerprint density at radius 2 is 1.77 bits per heavy atom. The van der Waals surface area contributed by atoms with E-state index in [0.717, 1.165) is 0 Å². The molecular weight excluding hydrogens is 192 g/mol. The Balaban J connectivity index is 3.15. The molecule has 0 unspecified atom stereocenters. The SMILES string of the molecule is NS(=O)(=O)c1ccc(N=C=O)cc1. The van der Waals surface area contributed by atoms with Crippen LogP contribution < -0.4 is 5.14 Å². The summed E-state index contributed by atoms with van der Waals surface area (Å²) in [6.07, 6.45) is 1.34. The molecule has 1 aromatic rings. The van der Waals surface area contributed by atoms with Crippen molar-refractivity contribution in [1.82, 2.24) is 0 Å². The van der Waals surface area contributed by atoms with Crippen molar-refractivity contribution in [3.05, 3.63) is 24.3 Å². The fourth-order valence-corrected chi connectivity index (χ4v) is 1.28. The molecule has 0 heterocycles. The largest absolute Gasteiger partial charge is 0.240 e. The molecule has 2 N–H and O–H groups in total. The van der Waals surface area contributed by atoms with Crippen molar-refractivity contribution >= 4 is 21.8 Å². The Morgan fingerprint density at radius 1 is 1.23 bits per heavy atom. The van der Waals surface area contributed by atoms with Gasteiger partial charge in [-0.05, 0) is 24.3 Å². The van der Waals surface area contributed by atoms with E-state index < -0.39 is 10.0 Å². The molecule has 0 spiro atoms. The summed E-state index contributed by atoms with van der Waals surface area (Å²) < 4.78 is 21.5. The molecule has 1 rings (SSSR count). The average molecular weight is 198 g/mol. The van der Waals surface area contributed by atoms with Gasteiger partial charge in [0.1, 0.15) is 0 Å². The topological polar surface area (TPSA) is 89.6 Å². The third kappa shape index (κ3) is 2.48. The minimum absolute atomic E-state index is 0.0163. The summed E-state index contributed by atoms with van der Waals surface area (Å²) in [5, 5.41) is 4.85. The molecule has 0 aliphatic carbocycles. The zero-order valence-electron chi connectivity index (χ0n) is 6.47. The number of rotatable bonds is 2. The molecule has 0 bridgehead atoms. The minimum atomic E-state index is -3.67. The maximum absolute atomic E-state index is 10.8. The first-order valence-electron chi connectivity index (χ1n) is 3.25. The van der Waals surface area contributed by atoms with Gasteiger partial charge in [0, 0.05) is 0 Å². The van der Waals surface area contributed by atoms with Crippen molar-refractivity contribution in [2.45, 2.75) is 4.90 Å². The van der Waals surface area contributed by atoms with Crippen molar-refractivity contribution in [3.63, 3.8) is 0 Å². The van der Waals surface area contributed by atoms with Crippen LogP contribution >= 0.6 is 0 Å². The Hall–Kier alpha value is -1.49. The van der Waals surface area contributed by atoms with E-state index in [0.29, 0.717) is 5.69 Å². The molecule has 1 aromatic carbocycles. The number of hydrogen-bond donors (Lipinski definition) is 1. The maximum atomic E-state index is 10.8. The predicted octanol–water partition coefficient (Wildman–Crippen LogP) is 0.301. The lowest BCUT2D eigenvalue weighted by molar-refractivity contribution is 0.565. The first-order valence-corrected chi connectivity index (χ1v) is 4.79. The molecule has 0 aliphatic rings. The molecule has 6 heteroatoms. The molecule has 13 heavy (non-hydrogen) atoms. The van der Waals surface area contributed by atoms with E-state index in [4.69, 9.17) is 5.14 Å². The van der Waals surface area contributed by atoms with Crippen LogP contribution in [-0.2, 0) is 14.8 Å². The van der Waals surface area contributed by atoms with E-state index in [-0.39, 0.29) is 4.90 Å². The first kappa shape index (κ1) is 9.60. The lowest BCUT2D eigenvalue weighted by Gasteiger charge is -1.96. The molecule has 5 nitrogen and oxygen atoms in total. The summed E-state index contributed by atoms with van der Waals surface area (Å²) in [6.45, 7) is 0. The number of benzene rings is 1. The van der Waals surface area contributed by atoms with E-state index in [1.54, 1.807) is 0 Å². The van der Waals surface area contributed by atoms with Crippen LogP contribution in [0.25, 0.3) is 0 Å². The highest BCUT2D eigenvalue weighted by atomic mass is 32.2. The van der Waals surface area contributed by atoms with Gasteiger partial charge in [0.25, 0.3) is 0 Å². The number of aliphatic imine (C=N–C) groups is 1. The van der Waals surface area contributed by atoms with Gasteiger partial charge in [-0.25, -0.2) is 18.4 Å². The van der Waals surface area contributed by atoms with Gasteiger partial charge in [-0.1, -0.05) is 0 Å². The van der Waals surface area contributed by atoms with Gasteiger partial charge in [0.2, 0.25) is 16.1 Å². The van der Waals surface area contributed by atoms with Gasteiger partial charge in [-0.2, -0.15) is 4.99 Å². The Bertz CT molecular complexity index is 443. The molecule has 0 saturated heterocycles. The second-order valence-electron chi connectivity index (χ2n) is 2.24. The summed E-state index contributed by atoms with van der Waals surface area (Å²) in [4.78, 5) is 13.1. The standard InChI is InChI=1S/C7H6N2O3S/c8-13(11,12)7-3-1-6(2-4-7)9-5-10/h1-4H,(H2,8,11,12). The molecular formula is C7H6N2O3S. The van der Waals surface area contributed by atoms with Crippen molar-refractivity contribution in [3.8, 4) is 0 Å². The number of hydrogen-bond acceptors (Lipinski definition) is 4. The Morgan fingerprint density at radius 3 is 2.15 bits per heavy atom. The van der Waals surface area contributed by atoms with Gasteiger partial charge in [0.15, 0.2) is 0 Å². The molecule has 68 valence electrons. The minimum Gasteiger partial charge on any atom is -0.225 e. The van der Waals surface area contributed by atoms with E-state index in [1.165, 1.54) is 30.3 Å². The van der Waals surface area contributed by atoms with E-state index in [1.807, 2.05) is 0 Å². The molecule has 0 fully saturated rings. The van der Waals surface area contributed by atoms with Crippen LogP contribution in [0.4, 0.5) is 5.69 Å². The highest BCUT2D eigenvalue weighted by Gasteiger charge is 2.05. The lowest BCUT2D eigenvalue weighted by atomic mass is 10.3. The summed E-state index contributed by atoms with van der Waals surface area (Å²) in [5.74, 6) is 0. The Kier molecular flexibility index (Phi) is 2.57. The van der Waals surface area contributed by atoms with Crippen LogP contribution in [0.3, 0.4) is 0 Å². The van der Waals surface area contributed by atoms with Crippen molar-refractivity contribution in [1.29, 1.82) is 0 Å². The number of sulfonamides is 1. The van der Waals surface area contributed by atoms with Crippen molar-refractivity contribution in [2.75, 3.05) is 0 Å². The number of primary sulfonamides is 1. The number of nitrogens with two attached hydrogens (primary N) is 1. The van der Waals surface area contributed by atoms with E-state index >= 15 is 0 Å². The van der Waals surface area contributed by atoms with Crippen molar-refractivity contribution in [2.24, 2.45) is 10.1 Å². The highest BCUT2D eigenvalue weighted by Crippen LogP contribution is 2.14. The van der Waals surface area contributed by atoms with Gasteiger partial charge in [0.05, 0.1) is 10.6 Å². The zero-order chi connectivity index (χ0) is 9.90. The molecule has 0 amide bonds. The quantitative estimate of drug-likeness (QED) is 0.547. The lowest BCUT2D eigenvalue weighted by Crippen LogP contribution is -2.11. The first-order chi connectivity index (χ1) is 6.04. The van der Waals surface area contributed by atoms with Gasteiger partial charge >= 0.3 is 0 Å². The Labute approximate surface area is 75.0 Å². The summed E-state index contributed by atoms with van der Waals surface area (Å²) in [5.41, 5.74) is 0.336. The molecule has 0 radical (unpaired) electrons. The van der Waals surface area contributed by atoms with Crippen LogP contribution in [0.2, 0.25) is 0 Å². The summed E-state index contributed by atoms with van der Waals surface area (Å²) >= 11 is 0. The van der Waals surface area contributed by atoms with Crippen LogP contribution in [0.1, 0.15) is 0 Å². The molecule has 0 saturated carbocycles. The van der Waals surface area contributed by atoms with Gasteiger partial charge in [-0.15, -0.1) is 0 Å². The summed E-state index contributed by atoms with van der Waals surface area (Å²) in [7, 11) is -3.67. The zero-order valence-corrected chi connectivity index (χ0v) is 7.28. The highest BCUT2D eigenvalue weighted by molar-refractivity contribution is 7.89. The van der Waals surface area contributed by atoms with Crippen molar-refractivity contribution < 1.29 is 13.2 Å².